The van der Waals surface area contributed by atoms with Gasteiger partial charge >= 0.3 is 0 Å². The molecule has 0 aromatic carbocycles. The van der Waals surface area contributed by atoms with Crippen LogP contribution >= 0.6 is 0 Å². The van der Waals surface area contributed by atoms with Gasteiger partial charge in [0.2, 0.25) is 0 Å². The van der Waals surface area contributed by atoms with Crippen molar-refractivity contribution < 1.29 is 0 Å². The number of aromatic amines is 1. The lowest BCUT2D eigenvalue weighted by Gasteiger charge is -2.28. The average molecular weight is 263 g/mol. The predicted molar refractivity (Wildman–Crippen MR) is 78.6 cm³/mol. The summed E-state index contributed by atoms with van der Waals surface area (Å²) >= 11 is 0. The Morgan fingerprint density at radius 3 is 2.63 bits per heavy atom. The van der Waals surface area contributed by atoms with Gasteiger partial charge in [0.25, 0.3) is 5.56 Å². The number of hydrogen-bond acceptors (Lipinski definition) is 3. The number of rotatable bonds is 4. The minimum absolute atomic E-state index is 0.0663. The van der Waals surface area contributed by atoms with Gasteiger partial charge in [0, 0.05) is 18.0 Å². The van der Waals surface area contributed by atoms with Crippen molar-refractivity contribution in [2.24, 2.45) is 5.92 Å². The molecule has 0 saturated heterocycles. The Labute approximate surface area is 115 Å². The van der Waals surface area contributed by atoms with Crippen molar-refractivity contribution in [2.45, 2.75) is 64.8 Å². The second kappa shape index (κ2) is 6.22. The Morgan fingerprint density at radius 1 is 1.37 bits per heavy atom. The normalized spacial score (nSPS) is 23.6. The molecule has 0 bridgehead atoms. The average Bonchev–Trinajstić information content (AvgIpc) is 2.39. The van der Waals surface area contributed by atoms with Gasteiger partial charge in [0.05, 0.1) is 0 Å². The van der Waals surface area contributed by atoms with Crippen molar-refractivity contribution in [1.29, 1.82) is 0 Å². The molecule has 0 radical (unpaired) electrons. The molecule has 0 spiro atoms. The fourth-order valence-electron chi connectivity index (χ4n) is 2.75. The maximum Gasteiger partial charge on any atom is 0.252 e. The van der Waals surface area contributed by atoms with E-state index in [0.29, 0.717) is 6.04 Å². The van der Waals surface area contributed by atoms with Crippen molar-refractivity contribution in [3.63, 3.8) is 0 Å². The molecule has 0 atom stereocenters. The summed E-state index contributed by atoms with van der Waals surface area (Å²) in [4.78, 5) is 18.9. The van der Waals surface area contributed by atoms with E-state index in [9.17, 15) is 4.79 Å². The lowest BCUT2D eigenvalue weighted by Crippen LogP contribution is -2.27. The highest BCUT2D eigenvalue weighted by Gasteiger charge is 2.20. The number of aromatic nitrogens is 2. The molecule has 1 saturated carbocycles. The van der Waals surface area contributed by atoms with Crippen LogP contribution in [-0.2, 0) is 0 Å². The topological polar surface area (TPSA) is 57.8 Å². The second-order valence-corrected chi connectivity index (χ2v) is 5.94. The molecule has 2 rings (SSSR count). The van der Waals surface area contributed by atoms with Crippen LogP contribution in [-0.4, -0.2) is 16.0 Å². The maximum absolute atomic E-state index is 11.6. The highest BCUT2D eigenvalue weighted by molar-refractivity contribution is 5.34. The number of hydrogen-bond donors (Lipinski definition) is 2. The summed E-state index contributed by atoms with van der Waals surface area (Å²) in [5.41, 5.74) is -0.0663. The van der Waals surface area contributed by atoms with Gasteiger partial charge in [-0.1, -0.05) is 27.2 Å². The van der Waals surface area contributed by atoms with E-state index in [1.54, 1.807) is 6.07 Å². The summed E-state index contributed by atoms with van der Waals surface area (Å²) in [5.74, 6) is 2.62. The van der Waals surface area contributed by atoms with Crippen molar-refractivity contribution >= 4 is 5.82 Å². The van der Waals surface area contributed by atoms with Crippen LogP contribution in [0.15, 0.2) is 10.9 Å². The molecule has 4 heteroatoms. The number of nitrogens with zero attached hydrogens (tertiary/aromatic N) is 1. The van der Waals surface area contributed by atoms with Gasteiger partial charge in [-0.15, -0.1) is 0 Å². The summed E-state index contributed by atoms with van der Waals surface area (Å²) < 4.78 is 0. The van der Waals surface area contributed by atoms with Crippen molar-refractivity contribution in [2.75, 3.05) is 5.32 Å². The molecule has 1 fully saturated rings. The van der Waals surface area contributed by atoms with Crippen LogP contribution in [0.3, 0.4) is 0 Å². The molecule has 4 nitrogen and oxygen atoms in total. The quantitative estimate of drug-likeness (QED) is 0.876. The van der Waals surface area contributed by atoms with Gasteiger partial charge in [0.15, 0.2) is 0 Å². The van der Waals surface area contributed by atoms with Crippen LogP contribution in [0.5, 0.6) is 0 Å². The molecule has 1 aromatic rings. The maximum atomic E-state index is 11.6. The first kappa shape index (κ1) is 14.1. The summed E-state index contributed by atoms with van der Waals surface area (Å²) in [6, 6.07) is 2.04. The zero-order valence-electron chi connectivity index (χ0n) is 12.2. The third kappa shape index (κ3) is 3.82. The van der Waals surface area contributed by atoms with Gasteiger partial charge in [-0.3, -0.25) is 4.79 Å². The molecule has 1 aliphatic rings. The summed E-state index contributed by atoms with van der Waals surface area (Å²) in [6.07, 6.45) is 6.23. The van der Waals surface area contributed by atoms with E-state index in [1.807, 2.05) is 13.8 Å². The molecule has 106 valence electrons. The largest absolute Gasteiger partial charge is 0.367 e. The molecular weight excluding hydrogens is 238 g/mol. The Morgan fingerprint density at radius 2 is 2.05 bits per heavy atom. The van der Waals surface area contributed by atoms with Crippen molar-refractivity contribution in [3.05, 3.63) is 22.2 Å². The van der Waals surface area contributed by atoms with E-state index in [4.69, 9.17) is 0 Å². The first-order valence-corrected chi connectivity index (χ1v) is 7.46. The van der Waals surface area contributed by atoms with Crippen LogP contribution in [0.4, 0.5) is 5.82 Å². The van der Waals surface area contributed by atoms with Crippen molar-refractivity contribution in [1.82, 2.24) is 9.97 Å². The third-order valence-electron chi connectivity index (χ3n) is 4.08. The van der Waals surface area contributed by atoms with Crippen LogP contribution in [0.25, 0.3) is 0 Å². The summed E-state index contributed by atoms with van der Waals surface area (Å²) in [5, 5.41) is 3.43. The van der Waals surface area contributed by atoms with Gasteiger partial charge in [-0.25, -0.2) is 4.98 Å². The van der Waals surface area contributed by atoms with E-state index in [2.05, 4.69) is 22.2 Å². The fraction of sp³-hybridized carbons (Fsp3) is 0.733. The second-order valence-electron chi connectivity index (χ2n) is 5.94. The van der Waals surface area contributed by atoms with E-state index < -0.39 is 0 Å². The molecule has 0 unspecified atom stereocenters. The third-order valence-corrected chi connectivity index (χ3v) is 4.08. The predicted octanol–water partition coefficient (Wildman–Crippen LogP) is 3.27. The Hall–Kier alpha value is -1.32. The Kier molecular flexibility index (Phi) is 4.61. The first-order chi connectivity index (χ1) is 9.08. The highest BCUT2D eigenvalue weighted by atomic mass is 16.1. The lowest BCUT2D eigenvalue weighted by molar-refractivity contribution is 0.330. The zero-order valence-corrected chi connectivity index (χ0v) is 12.2. The monoisotopic (exact) mass is 263 g/mol. The van der Waals surface area contributed by atoms with Crippen molar-refractivity contribution in [3.8, 4) is 0 Å². The minimum Gasteiger partial charge on any atom is -0.367 e. The Balaban J connectivity index is 2.01. The van der Waals surface area contributed by atoms with Gasteiger partial charge in [-0.05, 0) is 31.6 Å². The van der Waals surface area contributed by atoms with Crippen LogP contribution in [0.2, 0.25) is 0 Å². The van der Waals surface area contributed by atoms with E-state index in [1.165, 1.54) is 32.1 Å². The molecule has 1 heterocycles. The molecule has 1 aliphatic carbocycles. The molecule has 0 aliphatic heterocycles. The zero-order chi connectivity index (χ0) is 13.8. The van der Waals surface area contributed by atoms with E-state index >= 15 is 0 Å². The summed E-state index contributed by atoms with van der Waals surface area (Å²) in [6.45, 7) is 6.34. The van der Waals surface area contributed by atoms with Crippen LogP contribution in [0.1, 0.15) is 64.6 Å². The summed E-state index contributed by atoms with van der Waals surface area (Å²) in [7, 11) is 0. The highest BCUT2D eigenvalue weighted by Crippen LogP contribution is 2.28. The molecule has 19 heavy (non-hydrogen) atoms. The van der Waals surface area contributed by atoms with Gasteiger partial charge in [0.1, 0.15) is 11.6 Å². The van der Waals surface area contributed by atoms with Gasteiger partial charge in [-0.2, -0.15) is 0 Å². The number of H-pyrrole nitrogens is 1. The van der Waals surface area contributed by atoms with Gasteiger partial charge < -0.3 is 10.3 Å². The lowest BCUT2D eigenvalue weighted by atomic mass is 9.84. The SMILES string of the molecule is CCC1CCC(Nc2cc(=O)[nH]c(C(C)C)n2)CC1. The van der Waals surface area contributed by atoms with E-state index in [0.717, 1.165) is 17.6 Å². The van der Waals surface area contributed by atoms with Crippen LogP contribution in [0, 0.1) is 5.92 Å². The number of nitrogens with one attached hydrogen (secondary N) is 2. The number of anilines is 1. The minimum atomic E-state index is -0.0663. The van der Waals surface area contributed by atoms with E-state index in [-0.39, 0.29) is 11.5 Å². The molecule has 2 N–H and O–H groups in total. The molecular formula is C15H25N3O. The molecule has 1 aromatic heterocycles. The molecule has 0 amide bonds. The fourth-order valence-corrected chi connectivity index (χ4v) is 2.75. The smallest absolute Gasteiger partial charge is 0.252 e. The standard InChI is InChI=1S/C15H25N3O/c1-4-11-5-7-12(8-6-11)16-13-9-14(19)18-15(17-13)10(2)3/h9-12H,4-8H2,1-3H3,(H2,16,17,18,19). The Bertz CT molecular complexity index is 459. The van der Waals surface area contributed by atoms with Crippen LogP contribution < -0.4 is 10.9 Å². The first-order valence-electron chi connectivity index (χ1n) is 7.46.